The van der Waals surface area contributed by atoms with Gasteiger partial charge in [0, 0.05) is 24.5 Å². The van der Waals surface area contributed by atoms with Crippen LogP contribution in [0.15, 0.2) is 42.9 Å². The third-order valence-electron chi connectivity index (χ3n) is 3.16. The SMILES string of the molecule is COc1ccccc1CNc1nc(NN)cn2ccnc12. The van der Waals surface area contributed by atoms with Crippen LogP contribution in [-0.4, -0.2) is 21.5 Å². The number of ether oxygens (including phenoxy) is 1. The lowest BCUT2D eigenvalue weighted by atomic mass is 10.2. The van der Waals surface area contributed by atoms with E-state index in [-0.39, 0.29) is 0 Å². The van der Waals surface area contributed by atoms with E-state index in [0.29, 0.717) is 18.2 Å². The van der Waals surface area contributed by atoms with Crippen molar-refractivity contribution in [3.8, 4) is 5.75 Å². The first-order valence-electron chi connectivity index (χ1n) is 6.48. The third kappa shape index (κ3) is 2.59. The van der Waals surface area contributed by atoms with E-state index in [1.54, 1.807) is 19.5 Å². The minimum atomic E-state index is 0.558. The molecule has 0 aliphatic carbocycles. The Bertz CT molecular complexity index is 754. The van der Waals surface area contributed by atoms with Crippen molar-refractivity contribution in [2.24, 2.45) is 5.84 Å². The number of anilines is 2. The number of nitrogen functional groups attached to an aromatic ring is 1. The second kappa shape index (κ2) is 5.68. The number of methoxy groups -OCH3 is 1. The average molecular weight is 284 g/mol. The molecule has 108 valence electrons. The highest BCUT2D eigenvalue weighted by atomic mass is 16.5. The first-order valence-corrected chi connectivity index (χ1v) is 6.48. The molecule has 3 aromatic rings. The van der Waals surface area contributed by atoms with Crippen molar-refractivity contribution in [2.45, 2.75) is 6.54 Å². The average Bonchev–Trinajstić information content (AvgIpc) is 3.01. The summed E-state index contributed by atoms with van der Waals surface area (Å²) >= 11 is 0. The second-order valence-electron chi connectivity index (χ2n) is 4.44. The molecule has 0 aliphatic rings. The largest absolute Gasteiger partial charge is 0.496 e. The molecule has 3 rings (SSSR count). The molecule has 0 amide bonds. The number of benzene rings is 1. The van der Waals surface area contributed by atoms with E-state index in [9.17, 15) is 0 Å². The van der Waals surface area contributed by atoms with Crippen LogP contribution in [-0.2, 0) is 6.54 Å². The predicted octanol–water partition coefficient (Wildman–Crippen LogP) is 1.64. The molecule has 0 unspecified atom stereocenters. The van der Waals surface area contributed by atoms with Gasteiger partial charge in [-0.1, -0.05) is 18.2 Å². The highest BCUT2D eigenvalue weighted by molar-refractivity contribution is 5.65. The Labute approximate surface area is 121 Å². The molecule has 1 aromatic carbocycles. The van der Waals surface area contributed by atoms with Crippen LogP contribution in [0, 0.1) is 0 Å². The molecule has 0 radical (unpaired) electrons. The number of para-hydroxylation sites is 1. The van der Waals surface area contributed by atoms with E-state index >= 15 is 0 Å². The topological polar surface area (TPSA) is 89.5 Å². The molecule has 0 bridgehead atoms. The van der Waals surface area contributed by atoms with Crippen LogP contribution in [0.1, 0.15) is 5.56 Å². The number of hydrogen-bond donors (Lipinski definition) is 3. The summed E-state index contributed by atoms with van der Waals surface area (Å²) in [5.41, 5.74) is 4.32. The lowest BCUT2D eigenvalue weighted by molar-refractivity contribution is 0.410. The number of nitrogens with zero attached hydrogens (tertiary/aromatic N) is 3. The number of rotatable bonds is 5. The fraction of sp³-hybridized carbons (Fsp3) is 0.143. The van der Waals surface area contributed by atoms with Gasteiger partial charge in [-0.15, -0.1) is 0 Å². The molecule has 0 saturated heterocycles. The zero-order valence-corrected chi connectivity index (χ0v) is 11.6. The maximum absolute atomic E-state index is 5.44. The molecule has 2 heterocycles. The summed E-state index contributed by atoms with van der Waals surface area (Å²) in [5.74, 6) is 7.48. The number of hydrazine groups is 1. The van der Waals surface area contributed by atoms with Gasteiger partial charge >= 0.3 is 0 Å². The van der Waals surface area contributed by atoms with Crippen LogP contribution in [0.2, 0.25) is 0 Å². The lowest BCUT2D eigenvalue weighted by Gasteiger charge is -2.11. The van der Waals surface area contributed by atoms with Gasteiger partial charge in [0.2, 0.25) is 0 Å². The Morgan fingerprint density at radius 3 is 3.00 bits per heavy atom. The van der Waals surface area contributed by atoms with Crippen LogP contribution < -0.4 is 21.3 Å². The van der Waals surface area contributed by atoms with E-state index in [0.717, 1.165) is 17.0 Å². The zero-order chi connectivity index (χ0) is 14.7. The zero-order valence-electron chi connectivity index (χ0n) is 11.6. The first kappa shape index (κ1) is 13.2. The predicted molar refractivity (Wildman–Crippen MR) is 81.1 cm³/mol. The van der Waals surface area contributed by atoms with Crippen molar-refractivity contribution in [1.82, 2.24) is 14.4 Å². The molecule has 7 heteroatoms. The lowest BCUT2D eigenvalue weighted by Crippen LogP contribution is -2.12. The van der Waals surface area contributed by atoms with E-state index in [4.69, 9.17) is 10.6 Å². The van der Waals surface area contributed by atoms with Gasteiger partial charge in [0.1, 0.15) is 5.75 Å². The van der Waals surface area contributed by atoms with E-state index in [2.05, 4.69) is 20.7 Å². The molecule has 2 aromatic heterocycles. The van der Waals surface area contributed by atoms with Gasteiger partial charge in [0.15, 0.2) is 17.3 Å². The summed E-state index contributed by atoms with van der Waals surface area (Å²) in [7, 11) is 1.66. The van der Waals surface area contributed by atoms with Gasteiger partial charge in [0.05, 0.1) is 13.3 Å². The van der Waals surface area contributed by atoms with E-state index in [1.807, 2.05) is 34.9 Å². The van der Waals surface area contributed by atoms with Crippen LogP contribution in [0.3, 0.4) is 0 Å². The quantitative estimate of drug-likeness (QED) is 0.487. The molecular formula is C14H16N6O. The van der Waals surface area contributed by atoms with Gasteiger partial charge < -0.3 is 19.9 Å². The molecular weight excluding hydrogens is 268 g/mol. The maximum Gasteiger partial charge on any atom is 0.180 e. The summed E-state index contributed by atoms with van der Waals surface area (Å²) in [4.78, 5) is 8.68. The number of nitrogens with two attached hydrogens (primary N) is 1. The number of aromatic nitrogens is 3. The van der Waals surface area contributed by atoms with Gasteiger partial charge in [0.25, 0.3) is 0 Å². The van der Waals surface area contributed by atoms with Crippen LogP contribution in [0.5, 0.6) is 5.75 Å². The summed E-state index contributed by atoms with van der Waals surface area (Å²) in [5, 5.41) is 3.27. The summed E-state index contributed by atoms with van der Waals surface area (Å²) in [6.45, 7) is 0.577. The normalized spacial score (nSPS) is 10.6. The maximum atomic E-state index is 5.44. The minimum Gasteiger partial charge on any atom is -0.496 e. The molecule has 4 N–H and O–H groups in total. The van der Waals surface area contributed by atoms with Crippen molar-refractivity contribution in [1.29, 1.82) is 0 Å². The molecule has 0 atom stereocenters. The van der Waals surface area contributed by atoms with Crippen molar-refractivity contribution in [2.75, 3.05) is 17.9 Å². The van der Waals surface area contributed by atoms with Gasteiger partial charge in [-0.05, 0) is 6.07 Å². The molecule has 0 spiro atoms. The summed E-state index contributed by atoms with van der Waals surface area (Å²) in [6.07, 6.45) is 5.33. The monoisotopic (exact) mass is 284 g/mol. The second-order valence-corrected chi connectivity index (χ2v) is 4.44. The van der Waals surface area contributed by atoms with Gasteiger partial charge in [-0.2, -0.15) is 0 Å². The fourth-order valence-electron chi connectivity index (χ4n) is 2.15. The van der Waals surface area contributed by atoms with Crippen LogP contribution in [0.25, 0.3) is 5.65 Å². The Morgan fingerprint density at radius 2 is 2.19 bits per heavy atom. The number of imidazole rings is 1. The highest BCUT2D eigenvalue weighted by Crippen LogP contribution is 2.21. The Kier molecular flexibility index (Phi) is 3.57. The Hall–Kier alpha value is -2.80. The van der Waals surface area contributed by atoms with Crippen LogP contribution >= 0.6 is 0 Å². The number of fused-ring (bicyclic) bond motifs is 1. The highest BCUT2D eigenvalue weighted by Gasteiger charge is 2.08. The van der Waals surface area contributed by atoms with E-state index < -0.39 is 0 Å². The van der Waals surface area contributed by atoms with Crippen molar-refractivity contribution < 1.29 is 4.74 Å². The van der Waals surface area contributed by atoms with Gasteiger partial charge in [-0.3, -0.25) is 0 Å². The van der Waals surface area contributed by atoms with Gasteiger partial charge in [-0.25, -0.2) is 15.8 Å². The molecule has 0 aliphatic heterocycles. The van der Waals surface area contributed by atoms with E-state index in [1.165, 1.54) is 0 Å². The number of hydrogen-bond acceptors (Lipinski definition) is 6. The third-order valence-corrected chi connectivity index (χ3v) is 3.16. The Balaban J connectivity index is 1.89. The molecule has 21 heavy (non-hydrogen) atoms. The van der Waals surface area contributed by atoms with Crippen LogP contribution in [0.4, 0.5) is 11.6 Å². The standard InChI is InChI=1S/C14H16N6O/c1-21-11-5-3-2-4-10(11)8-17-13-14-16-6-7-20(14)9-12(18-13)19-15/h2-7,9,19H,8,15H2,1H3,(H,17,18). The molecule has 0 fully saturated rings. The van der Waals surface area contributed by atoms with Crippen molar-refractivity contribution >= 4 is 17.3 Å². The molecule has 7 nitrogen and oxygen atoms in total. The number of nitrogens with one attached hydrogen (secondary N) is 2. The van der Waals surface area contributed by atoms with Crippen molar-refractivity contribution in [3.63, 3.8) is 0 Å². The minimum absolute atomic E-state index is 0.558. The summed E-state index contributed by atoms with van der Waals surface area (Å²) in [6, 6.07) is 7.83. The van der Waals surface area contributed by atoms with Crippen molar-refractivity contribution in [3.05, 3.63) is 48.4 Å². The Morgan fingerprint density at radius 1 is 1.33 bits per heavy atom. The smallest absolute Gasteiger partial charge is 0.180 e. The summed E-state index contributed by atoms with van der Waals surface area (Å²) < 4.78 is 7.19. The molecule has 0 saturated carbocycles. The fourth-order valence-corrected chi connectivity index (χ4v) is 2.15. The first-order chi connectivity index (χ1) is 10.3.